The minimum absolute atomic E-state index is 0.152. The Labute approximate surface area is 63.0 Å². The highest BCUT2D eigenvalue weighted by Crippen LogP contribution is 2.06. The van der Waals surface area contributed by atoms with Crippen LogP contribution in [0.5, 0.6) is 0 Å². The first kappa shape index (κ1) is 7.53. The summed E-state index contributed by atoms with van der Waals surface area (Å²) in [4.78, 5) is 21.1. The topological polar surface area (TPSA) is 73.3 Å². The highest BCUT2D eigenvalue weighted by Gasteiger charge is 2.08. The summed E-state index contributed by atoms with van der Waals surface area (Å²) in [5, 5.41) is 0. The highest BCUT2D eigenvalue weighted by atomic mass is 16.3. The molecule has 0 aromatic carbocycles. The molecule has 0 atom stereocenters. The summed E-state index contributed by atoms with van der Waals surface area (Å²) in [5.74, 6) is -0.669. The van der Waals surface area contributed by atoms with Crippen LogP contribution in [0.3, 0.4) is 0 Å². The maximum Gasteiger partial charge on any atom is 0.251 e. The maximum atomic E-state index is 10.6. The number of hydrogen-bond acceptors (Lipinski definition) is 3. The number of hydrogen-bond donors (Lipinski definition) is 1. The van der Waals surface area contributed by atoms with Gasteiger partial charge in [-0.1, -0.05) is 0 Å². The van der Waals surface area contributed by atoms with E-state index in [0.29, 0.717) is 0 Å². The molecule has 0 unspecified atom stereocenters. The van der Waals surface area contributed by atoms with Crippen LogP contribution in [0, 0.1) is 0 Å². The van der Waals surface area contributed by atoms with Gasteiger partial charge in [0, 0.05) is 13.0 Å². The van der Waals surface area contributed by atoms with Crippen LogP contribution in [0.25, 0.3) is 0 Å². The predicted octanol–water partition coefficient (Wildman–Crippen LogP) is 0.581. The number of furan rings is 1. The van der Waals surface area contributed by atoms with Crippen molar-refractivity contribution in [2.45, 2.75) is 6.92 Å². The number of Topliss-reactive ketones (excluding diaryl/α,β-unsaturated/α-hetero) is 1. The number of amides is 1. The molecule has 0 aliphatic carbocycles. The van der Waals surface area contributed by atoms with Gasteiger partial charge in [-0.05, 0) is 0 Å². The molecule has 58 valence electrons. The number of ketones is 1. The van der Waals surface area contributed by atoms with Gasteiger partial charge >= 0.3 is 0 Å². The van der Waals surface area contributed by atoms with Crippen LogP contribution in [0.4, 0.5) is 0 Å². The smallest absolute Gasteiger partial charge is 0.251 e. The van der Waals surface area contributed by atoms with Crippen LogP contribution in [-0.2, 0) is 0 Å². The quantitative estimate of drug-likeness (QED) is 0.631. The van der Waals surface area contributed by atoms with Crippen molar-refractivity contribution in [3.63, 3.8) is 0 Å². The van der Waals surface area contributed by atoms with Crippen molar-refractivity contribution in [2.75, 3.05) is 0 Å². The van der Waals surface area contributed by atoms with E-state index in [1.165, 1.54) is 19.3 Å². The first-order valence-corrected chi connectivity index (χ1v) is 3.00. The second-order valence-corrected chi connectivity index (χ2v) is 2.12. The molecule has 0 aliphatic rings. The van der Waals surface area contributed by atoms with Gasteiger partial charge in [0.05, 0.1) is 5.56 Å². The first-order chi connectivity index (χ1) is 5.11. The lowest BCUT2D eigenvalue weighted by molar-refractivity contribution is 0.0983. The van der Waals surface area contributed by atoms with Crippen molar-refractivity contribution in [3.8, 4) is 0 Å². The van der Waals surface area contributed by atoms with Crippen LogP contribution >= 0.6 is 0 Å². The fourth-order valence-corrected chi connectivity index (χ4v) is 0.650. The number of carbonyl (C=O) groups excluding carboxylic acids is 2. The first-order valence-electron chi connectivity index (χ1n) is 3.00. The molecular formula is C7H7NO3. The molecule has 0 bridgehead atoms. The molecule has 0 fully saturated rings. The van der Waals surface area contributed by atoms with Crippen LogP contribution < -0.4 is 5.73 Å². The van der Waals surface area contributed by atoms with Gasteiger partial charge in [-0.2, -0.15) is 0 Å². The van der Waals surface area contributed by atoms with E-state index in [0.717, 1.165) is 0 Å². The summed E-state index contributed by atoms with van der Waals surface area (Å²) in [6, 6.07) is 1.32. The zero-order valence-electron chi connectivity index (χ0n) is 5.96. The molecule has 4 nitrogen and oxygen atoms in total. The molecule has 1 rings (SSSR count). The van der Waals surface area contributed by atoms with Crippen molar-refractivity contribution in [2.24, 2.45) is 5.73 Å². The van der Waals surface area contributed by atoms with Gasteiger partial charge < -0.3 is 10.2 Å². The van der Waals surface area contributed by atoms with E-state index in [1.807, 2.05) is 0 Å². The van der Waals surface area contributed by atoms with E-state index in [2.05, 4.69) is 0 Å². The zero-order valence-corrected chi connectivity index (χ0v) is 5.96. The Hall–Kier alpha value is -1.58. The van der Waals surface area contributed by atoms with E-state index in [4.69, 9.17) is 10.2 Å². The Morgan fingerprint density at radius 3 is 2.45 bits per heavy atom. The Bertz CT molecular complexity index is 272. The largest absolute Gasteiger partial charge is 0.460 e. The van der Waals surface area contributed by atoms with E-state index in [9.17, 15) is 9.59 Å². The minimum atomic E-state index is -0.596. The third-order valence-corrected chi connectivity index (χ3v) is 1.23. The zero-order chi connectivity index (χ0) is 8.43. The number of rotatable bonds is 2. The molecule has 1 aromatic rings. The van der Waals surface area contributed by atoms with Gasteiger partial charge in [-0.25, -0.2) is 0 Å². The van der Waals surface area contributed by atoms with Crippen molar-refractivity contribution in [1.82, 2.24) is 0 Å². The number of nitrogens with two attached hydrogens (primary N) is 1. The van der Waals surface area contributed by atoms with E-state index < -0.39 is 5.91 Å². The molecule has 0 spiro atoms. The second kappa shape index (κ2) is 2.57. The van der Waals surface area contributed by atoms with Crippen molar-refractivity contribution in [1.29, 1.82) is 0 Å². The summed E-state index contributed by atoms with van der Waals surface area (Å²) in [6.07, 6.45) is 1.17. The summed E-state index contributed by atoms with van der Waals surface area (Å²) in [7, 11) is 0. The second-order valence-electron chi connectivity index (χ2n) is 2.12. The average molecular weight is 153 g/mol. The molecule has 0 radical (unpaired) electrons. The van der Waals surface area contributed by atoms with Crippen LogP contribution in [-0.4, -0.2) is 11.7 Å². The maximum absolute atomic E-state index is 10.6. The molecule has 11 heavy (non-hydrogen) atoms. The Kier molecular flexibility index (Phi) is 1.76. The number of primary amides is 1. The van der Waals surface area contributed by atoms with Crippen LogP contribution in [0.2, 0.25) is 0 Å². The SMILES string of the molecule is CC(=O)c1cc(C(N)=O)co1. The standard InChI is InChI=1S/C7H7NO3/c1-4(9)6-2-5(3-11-6)7(8)10/h2-3H,1H3,(H2,8,10). The average Bonchev–Trinajstić information content (AvgIpc) is 2.33. The Balaban J connectivity index is 2.99. The Morgan fingerprint density at radius 1 is 1.55 bits per heavy atom. The third kappa shape index (κ3) is 1.46. The van der Waals surface area contributed by atoms with E-state index in [-0.39, 0.29) is 17.1 Å². The lowest BCUT2D eigenvalue weighted by Crippen LogP contribution is -2.09. The highest BCUT2D eigenvalue weighted by molar-refractivity contribution is 5.97. The van der Waals surface area contributed by atoms with Gasteiger partial charge in [0.2, 0.25) is 0 Å². The molecule has 0 saturated carbocycles. The molecule has 0 aliphatic heterocycles. The molecule has 1 amide bonds. The van der Waals surface area contributed by atoms with Gasteiger partial charge in [0.1, 0.15) is 6.26 Å². The molecule has 0 saturated heterocycles. The van der Waals surface area contributed by atoms with Gasteiger partial charge in [0.15, 0.2) is 11.5 Å². The monoisotopic (exact) mass is 153 g/mol. The summed E-state index contributed by atoms with van der Waals surface area (Å²) >= 11 is 0. The molecule has 1 aromatic heterocycles. The van der Waals surface area contributed by atoms with Crippen LogP contribution in [0.1, 0.15) is 27.8 Å². The van der Waals surface area contributed by atoms with E-state index >= 15 is 0 Å². The fourth-order valence-electron chi connectivity index (χ4n) is 0.650. The number of carbonyl (C=O) groups is 2. The lowest BCUT2D eigenvalue weighted by atomic mass is 10.2. The van der Waals surface area contributed by atoms with Gasteiger partial charge in [-0.3, -0.25) is 9.59 Å². The molecular weight excluding hydrogens is 146 g/mol. The van der Waals surface area contributed by atoms with Gasteiger partial charge in [0.25, 0.3) is 5.91 Å². The Morgan fingerprint density at radius 2 is 2.18 bits per heavy atom. The summed E-state index contributed by atoms with van der Waals surface area (Å²) in [5.41, 5.74) is 5.13. The summed E-state index contributed by atoms with van der Waals surface area (Å²) in [6.45, 7) is 1.35. The van der Waals surface area contributed by atoms with Crippen LogP contribution in [0.15, 0.2) is 16.7 Å². The lowest BCUT2D eigenvalue weighted by Gasteiger charge is -1.81. The van der Waals surface area contributed by atoms with Crippen molar-refractivity contribution < 1.29 is 14.0 Å². The van der Waals surface area contributed by atoms with Crippen molar-refractivity contribution >= 4 is 11.7 Å². The molecule has 1 heterocycles. The minimum Gasteiger partial charge on any atom is -0.460 e. The van der Waals surface area contributed by atoms with Gasteiger partial charge in [-0.15, -0.1) is 0 Å². The fraction of sp³-hybridized carbons (Fsp3) is 0.143. The predicted molar refractivity (Wildman–Crippen MR) is 37.2 cm³/mol. The third-order valence-electron chi connectivity index (χ3n) is 1.23. The van der Waals surface area contributed by atoms with E-state index in [1.54, 1.807) is 0 Å². The van der Waals surface area contributed by atoms with Crippen molar-refractivity contribution in [3.05, 3.63) is 23.7 Å². The molecule has 4 heteroatoms. The normalized spacial score (nSPS) is 9.55. The summed E-state index contributed by atoms with van der Waals surface area (Å²) < 4.78 is 4.74. The molecule has 2 N–H and O–H groups in total.